The van der Waals surface area contributed by atoms with Crippen molar-refractivity contribution in [3.8, 4) is 0 Å². The average molecular weight is 415 g/mol. The first-order valence-corrected chi connectivity index (χ1v) is 10.2. The van der Waals surface area contributed by atoms with E-state index >= 15 is 0 Å². The Hall–Kier alpha value is -2.41. The van der Waals surface area contributed by atoms with E-state index in [4.69, 9.17) is 11.6 Å². The first-order chi connectivity index (χ1) is 14.0. The lowest BCUT2D eigenvalue weighted by Crippen LogP contribution is -2.49. The molecule has 29 heavy (non-hydrogen) atoms. The molecule has 1 atom stereocenters. The number of benzene rings is 2. The van der Waals surface area contributed by atoms with Gasteiger partial charge in [-0.2, -0.15) is 0 Å². The number of hydrogen-bond acceptors (Lipinski definition) is 4. The molecule has 0 saturated carbocycles. The molecule has 7 heteroatoms. The molecule has 154 valence electrons. The van der Waals surface area contributed by atoms with Gasteiger partial charge in [-0.3, -0.25) is 19.4 Å². The highest BCUT2D eigenvalue weighted by Crippen LogP contribution is 2.27. The van der Waals surface area contributed by atoms with Crippen molar-refractivity contribution in [3.63, 3.8) is 0 Å². The van der Waals surface area contributed by atoms with Gasteiger partial charge in [0.15, 0.2) is 0 Å². The molecule has 2 aromatic carbocycles. The Morgan fingerprint density at radius 1 is 1.03 bits per heavy atom. The molecule has 1 aliphatic heterocycles. The highest BCUT2D eigenvalue weighted by Gasteiger charge is 2.24. The zero-order valence-electron chi connectivity index (χ0n) is 16.8. The fraction of sp³-hybridized carbons (Fsp3) is 0.364. The van der Waals surface area contributed by atoms with Gasteiger partial charge in [-0.15, -0.1) is 0 Å². The maximum Gasteiger partial charge on any atom is 0.251 e. The van der Waals surface area contributed by atoms with E-state index in [0.717, 1.165) is 36.8 Å². The Bertz CT molecular complexity index is 848. The first-order valence-electron chi connectivity index (χ1n) is 9.80. The molecule has 2 aromatic rings. The molecule has 6 nitrogen and oxygen atoms in total. The summed E-state index contributed by atoms with van der Waals surface area (Å²) in [7, 11) is 1.59. The molecule has 1 fully saturated rings. The van der Waals surface area contributed by atoms with Crippen LogP contribution < -0.4 is 10.6 Å². The van der Waals surface area contributed by atoms with Gasteiger partial charge in [0.2, 0.25) is 5.91 Å². The van der Waals surface area contributed by atoms with E-state index in [0.29, 0.717) is 17.8 Å². The summed E-state index contributed by atoms with van der Waals surface area (Å²) in [5.74, 6) is -0.197. The molecule has 1 saturated heterocycles. The summed E-state index contributed by atoms with van der Waals surface area (Å²) < 4.78 is 0. The third-order valence-electron chi connectivity index (χ3n) is 5.34. The molecule has 2 N–H and O–H groups in total. The zero-order chi connectivity index (χ0) is 20.8. The van der Waals surface area contributed by atoms with Gasteiger partial charge >= 0.3 is 0 Å². The monoisotopic (exact) mass is 414 g/mol. The van der Waals surface area contributed by atoms with Crippen molar-refractivity contribution in [2.75, 3.05) is 45.1 Å². The lowest BCUT2D eigenvalue weighted by molar-refractivity contribution is -0.117. The summed E-state index contributed by atoms with van der Waals surface area (Å²) in [6.45, 7) is 5.97. The van der Waals surface area contributed by atoms with E-state index in [1.165, 1.54) is 0 Å². The third kappa shape index (κ3) is 5.56. The number of halogens is 1. The van der Waals surface area contributed by atoms with Crippen LogP contribution in [0, 0.1) is 0 Å². The van der Waals surface area contributed by atoms with Crippen molar-refractivity contribution in [3.05, 3.63) is 64.7 Å². The van der Waals surface area contributed by atoms with Crippen LogP contribution >= 0.6 is 11.6 Å². The predicted octanol–water partition coefficient (Wildman–Crippen LogP) is 3.02. The molecule has 2 amide bonds. The largest absolute Gasteiger partial charge is 0.355 e. The number of nitrogens with one attached hydrogen (secondary N) is 2. The molecule has 1 unspecified atom stereocenters. The Morgan fingerprint density at radius 2 is 1.69 bits per heavy atom. The van der Waals surface area contributed by atoms with Crippen molar-refractivity contribution in [2.24, 2.45) is 0 Å². The van der Waals surface area contributed by atoms with E-state index in [1.807, 2.05) is 18.2 Å². The van der Waals surface area contributed by atoms with Gasteiger partial charge in [-0.05, 0) is 42.8 Å². The molecule has 0 radical (unpaired) electrons. The van der Waals surface area contributed by atoms with Crippen molar-refractivity contribution < 1.29 is 9.59 Å². The minimum absolute atomic E-state index is 0.0507. The minimum atomic E-state index is -0.147. The normalized spacial score (nSPS) is 16.2. The van der Waals surface area contributed by atoms with Gasteiger partial charge in [-0.1, -0.05) is 29.8 Å². The number of amides is 2. The Kier molecular flexibility index (Phi) is 7.25. The fourth-order valence-corrected chi connectivity index (χ4v) is 3.87. The molecule has 3 rings (SSSR count). The van der Waals surface area contributed by atoms with Crippen LogP contribution in [0.5, 0.6) is 0 Å². The smallest absolute Gasteiger partial charge is 0.251 e. The molecule has 1 heterocycles. The second kappa shape index (κ2) is 9.87. The Balaban J connectivity index is 1.47. The van der Waals surface area contributed by atoms with E-state index in [1.54, 1.807) is 31.3 Å². The van der Waals surface area contributed by atoms with Gasteiger partial charge in [-0.25, -0.2) is 0 Å². The van der Waals surface area contributed by atoms with Crippen LogP contribution in [-0.2, 0) is 4.79 Å². The summed E-state index contributed by atoms with van der Waals surface area (Å²) >= 11 is 6.34. The maximum absolute atomic E-state index is 12.4. The maximum atomic E-state index is 12.4. The van der Waals surface area contributed by atoms with Crippen molar-refractivity contribution in [1.29, 1.82) is 0 Å². The summed E-state index contributed by atoms with van der Waals surface area (Å²) in [5, 5.41) is 6.27. The van der Waals surface area contributed by atoms with Gasteiger partial charge < -0.3 is 10.6 Å². The molecule has 0 spiro atoms. The topological polar surface area (TPSA) is 64.7 Å². The van der Waals surface area contributed by atoms with Crippen molar-refractivity contribution in [2.45, 2.75) is 13.0 Å². The van der Waals surface area contributed by atoms with Crippen LogP contribution in [-0.4, -0.2) is 61.4 Å². The lowest BCUT2D eigenvalue weighted by Gasteiger charge is -2.38. The van der Waals surface area contributed by atoms with E-state index in [9.17, 15) is 9.59 Å². The van der Waals surface area contributed by atoms with E-state index in [2.05, 4.69) is 33.4 Å². The van der Waals surface area contributed by atoms with E-state index in [-0.39, 0.29) is 17.9 Å². The average Bonchev–Trinajstić information content (AvgIpc) is 2.74. The first kappa shape index (κ1) is 21.3. The Labute approximate surface area is 176 Å². The quantitative estimate of drug-likeness (QED) is 0.762. The number of piperazine rings is 1. The van der Waals surface area contributed by atoms with Gasteiger partial charge in [0.25, 0.3) is 5.91 Å². The number of nitrogens with zero attached hydrogens (tertiary/aromatic N) is 2. The van der Waals surface area contributed by atoms with Crippen molar-refractivity contribution >= 4 is 29.1 Å². The number of carbonyl (C=O) groups excluding carboxylic acids is 2. The second-order valence-electron chi connectivity index (χ2n) is 7.21. The number of hydrogen-bond donors (Lipinski definition) is 2. The van der Waals surface area contributed by atoms with Gasteiger partial charge in [0.1, 0.15) is 0 Å². The van der Waals surface area contributed by atoms with Crippen LogP contribution in [0.1, 0.15) is 28.9 Å². The minimum Gasteiger partial charge on any atom is -0.355 e. The third-order valence-corrected chi connectivity index (χ3v) is 5.68. The van der Waals surface area contributed by atoms with Crippen LogP contribution in [0.4, 0.5) is 5.69 Å². The van der Waals surface area contributed by atoms with Crippen LogP contribution in [0.3, 0.4) is 0 Å². The fourth-order valence-electron chi connectivity index (χ4n) is 3.57. The predicted molar refractivity (Wildman–Crippen MR) is 116 cm³/mol. The lowest BCUT2D eigenvalue weighted by atomic mass is 10.1. The summed E-state index contributed by atoms with van der Waals surface area (Å²) in [5.41, 5.74) is 2.39. The Morgan fingerprint density at radius 3 is 2.31 bits per heavy atom. The zero-order valence-corrected chi connectivity index (χ0v) is 17.6. The standard InChI is InChI=1S/C22H27ClN4O2/c1-16(19-5-3-4-6-20(19)23)27-13-11-26(12-14-27)15-21(28)25-18-9-7-17(8-10-18)22(29)24-2/h3-10,16H,11-15H2,1-2H3,(H,24,29)(H,25,28). The van der Waals surface area contributed by atoms with Gasteiger partial charge in [0, 0.05) is 55.5 Å². The molecule has 0 bridgehead atoms. The highest BCUT2D eigenvalue weighted by molar-refractivity contribution is 6.31. The molecular formula is C22H27ClN4O2. The number of carbonyl (C=O) groups is 2. The van der Waals surface area contributed by atoms with Crippen LogP contribution in [0.25, 0.3) is 0 Å². The molecule has 0 aliphatic carbocycles. The molecule has 0 aromatic heterocycles. The number of anilines is 1. The molecule has 1 aliphatic rings. The van der Waals surface area contributed by atoms with E-state index < -0.39 is 0 Å². The number of rotatable bonds is 6. The molecular weight excluding hydrogens is 388 g/mol. The second-order valence-corrected chi connectivity index (χ2v) is 7.62. The van der Waals surface area contributed by atoms with Crippen LogP contribution in [0.2, 0.25) is 5.02 Å². The van der Waals surface area contributed by atoms with Gasteiger partial charge in [0.05, 0.1) is 6.54 Å². The highest BCUT2D eigenvalue weighted by atomic mass is 35.5. The summed E-state index contributed by atoms with van der Waals surface area (Å²) in [6, 6.07) is 15.1. The van der Waals surface area contributed by atoms with Crippen molar-refractivity contribution in [1.82, 2.24) is 15.1 Å². The summed E-state index contributed by atoms with van der Waals surface area (Å²) in [6.07, 6.45) is 0. The SMILES string of the molecule is CNC(=O)c1ccc(NC(=O)CN2CCN(C(C)c3ccccc3Cl)CC2)cc1. The summed E-state index contributed by atoms with van der Waals surface area (Å²) in [4.78, 5) is 28.5. The van der Waals surface area contributed by atoms with Crippen LogP contribution in [0.15, 0.2) is 48.5 Å².